The van der Waals surface area contributed by atoms with Crippen molar-refractivity contribution in [3.63, 3.8) is 0 Å². The maximum absolute atomic E-state index is 12.5. The highest BCUT2D eigenvalue weighted by Crippen LogP contribution is 2.19. The molecule has 2 aromatic rings. The molecule has 1 N–H and O–H groups in total. The van der Waals surface area contributed by atoms with Gasteiger partial charge in [-0.05, 0) is 30.2 Å². The summed E-state index contributed by atoms with van der Waals surface area (Å²) in [6.45, 7) is 1.84. The lowest BCUT2D eigenvalue weighted by atomic mass is 9.95. The molecule has 0 amide bonds. The number of aryl methyl sites for hydroxylation is 1. The van der Waals surface area contributed by atoms with Crippen molar-refractivity contribution in [3.8, 4) is 0 Å². The van der Waals surface area contributed by atoms with Gasteiger partial charge in [-0.25, -0.2) is 0 Å². The van der Waals surface area contributed by atoms with Gasteiger partial charge < -0.3 is 0 Å². The first-order valence-electron chi connectivity index (χ1n) is 8.98. The Labute approximate surface area is 126 Å². The summed E-state index contributed by atoms with van der Waals surface area (Å²) < 4.78 is 47.5. The van der Waals surface area contributed by atoms with Crippen molar-refractivity contribution in [3.05, 3.63) is 71.2 Å². The number of para-hydroxylation sites is 1. The minimum absolute atomic E-state index is 0.164. The number of nitrogens with one attached hydrogen (secondary N) is 1. The number of anilines is 1. The Hall–Kier alpha value is -2.68. The molecule has 0 unspecified atom stereocenters. The van der Waals surface area contributed by atoms with Gasteiger partial charge in [-0.2, -0.15) is 5.10 Å². The van der Waals surface area contributed by atoms with Gasteiger partial charge in [0, 0.05) is 5.56 Å². The number of ketones is 1. The highest BCUT2D eigenvalue weighted by Gasteiger charge is 2.18. The maximum atomic E-state index is 12.5. The average molecular weight is 268 g/mol. The van der Waals surface area contributed by atoms with Gasteiger partial charge >= 0.3 is 0 Å². The number of allylic oxidation sites excluding steroid dienone is 1. The van der Waals surface area contributed by atoms with Crippen molar-refractivity contribution in [2.24, 2.45) is 5.10 Å². The number of rotatable bonds is 2. The van der Waals surface area contributed by atoms with E-state index in [1.807, 2.05) is 19.1 Å². The number of fused-ring (bicyclic) bond motifs is 1. The first kappa shape index (κ1) is 7.20. The van der Waals surface area contributed by atoms with E-state index < -0.39 is 42.1 Å². The molecule has 0 heterocycles. The molecule has 0 saturated carbocycles. The molecule has 20 heavy (non-hydrogen) atoms. The van der Waals surface area contributed by atoms with Crippen molar-refractivity contribution < 1.29 is 13.0 Å². The van der Waals surface area contributed by atoms with Crippen LogP contribution in [0.4, 0.5) is 5.69 Å². The minimum Gasteiger partial charge on any atom is -0.287 e. The normalized spacial score (nSPS) is 20.4. The van der Waals surface area contributed by atoms with E-state index in [4.69, 9.17) is 8.22 Å². The fourth-order valence-corrected chi connectivity index (χ4v) is 1.80. The molecule has 0 atom stereocenters. The molecule has 0 aliphatic heterocycles. The van der Waals surface area contributed by atoms with Gasteiger partial charge in [0.15, 0.2) is 0 Å². The summed E-state index contributed by atoms with van der Waals surface area (Å²) in [5.41, 5.74) is 3.53. The summed E-state index contributed by atoms with van der Waals surface area (Å²) >= 11 is 0. The van der Waals surface area contributed by atoms with Crippen LogP contribution < -0.4 is 5.43 Å². The van der Waals surface area contributed by atoms with Gasteiger partial charge in [-0.15, -0.1) is 0 Å². The molecule has 3 rings (SSSR count). The number of benzene rings is 2. The van der Waals surface area contributed by atoms with Crippen LogP contribution in [-0.2, 0) is 4.79 Å². The first-order chi connectivity index (χ1) is 12.3. The molecular formula is C17H14N2O. The molecule has 1 aliphatic rings. The molecule has 0 saturated heterocycles. The summed E-state index contributed by atoms with van der Waals surface area (Å²) in [5, 5.41) is 4.03. The van der Waals surface area contributed by atoms with Crippen LogP contribution in [0.2, 0.25) is 0 Å². The van der Waals surface area contributed by atoms with Crippen LogP contribution in [0.15, 0.2) is 59.6 Å². The quantitative estimate of drug-likeness (QED) is 0.848. The maximum Gasteiger partial charge on any atom is 0.206 e. The second-order valence-corrected chi connectivity index (χ2v) is 4.22. The predicted molar refractivity (Wildman–Crippen MR) is 81.8 cm³/mol. The number of nitrogens with zero attached hydrogens (tertiary/aromatic N) is 1. The van der Waals surface area contributed by atoms with E-state index in [1.54, 1.807) is 12.1 Å². The lowest BCUT2D eigenvalue weighted by molar-refractivity contribution is -0.108. The van der Waals surface area contributed by atoms with Gasteiger partial charge in [-0.1, -0.05) is 48.4 Å². The number of hydrazone groups is 1. The summed E-state index contributed by atoms with van der Waals surface area (Å²) in [5.74, 6) is -0.867. The van der Waals surface area contributed by atoms with E-state index in [9.17, 15) is 4.79 Å². The average Bonchev–Trinajstić information content (AvgIpc) is 2.63. The van der Waals surface area contributed by atoms with E-state index >= 15 is 0 Å². The van der Waals surface area contributed by atoms with E-state index in [0.717, 1.165) is 5.56 Å². The molecule has 98 valence electrons. The summed E-state index contributed by atoms with van der Waals surface area (Å²) in [4.78, 5) is 12.5. The Morgan fingerprint density at radius 3 is 2.80 bits per heavy atom. The molecule has 2 aromatic carbocycles. The molecule has 0 fully saturated rings. The summed E-state index contributed by atoms with van der Waals surface area (Å²) in [6.07, 6.45) is 0. The van der Waals surface area contributed by atoms with E-state index in [-0.39, 0.29) is 16.8 Å². The van der Waals surface area contributed by atoms with Gasteiger partial charge in [0.2, 0.25) is 5.78 Å². The van der Waals surface area contributed by atoms with E-state index in [0.29, 0.717) is 5.69 Å². The molecule has 3 heteroatoms. The van der Waals surface area contributed by atoms with Crippen LogP contribution in [-0.4, -0.2) is 11.5 Å². The van der Waals surface area contributed by atoms with Crippen molar-refractivity contribution in [1.29, 1.82) is 0 Å². The molecular weight excluding hydrogens is 248 g/mol. The van der Waals surface area contributed by atoms with Crippen molar-refractivity contribution in [2.45, 2.75) is 6.92 Å². The lowest BCUT2D eigenvalue weighted by Crippen LogP contribution is -2.19. The van der Waals surface area contributed by atoms with Gasteiger partial charge in [0.05, 0.1) is 13.9 Å². The fraction of sp³-hybridized carbons (Fsp3) is 0.0588. The van der Waals surface area contributed by atoms with Crippen LogP contribution >= 0.6 is 0 Å². The number of carbonyl (C=O) groups is 1. The predicted octanol–water partition coefficient (Wildman–Crippen LogP) is 3.41. The van der Waals surface area contributed by atoms with Crippen LogP contribution in [0.3, 0.4) is 0 Å². The van der Waals surface area contributed by atoms with E-state index in [2.05, 4.69) is 10.5 Å². The Kier molecular flexibility index (Phi) is 1.85. The van der Waals surface area contributed by atoms with Crippen LogP contribution in [0.5, 0.6) is 0 Å². The first-order valence-corrected chi connectivity index (χ1v) is 5.98. The topological polar surface area (TPSA) is 41.5 Å². The Morgan fingerprint density at radius 1 is 1.15 bits per heavy atom. The fourth-order valence-electron chi connectivity index (χ4n) is 1.80. The molecule has 0 aromatic heterocycles. The molecule has 3 nitrogen and oxygen atoms in total. The highest BCUT2D eigenvalue weighted by molar-refractivity contribution is 6.52. The standard InChI is InChI=1S/C17H14N2O/c1-12-6-2-5-9-15(12)18-19-17-14-8-4-3-7-13(14)10-11-16(17)20/h2-11,18H,1H3/b19-17-/i3D,4D,7D,8D,10D,11D. The van der Waals surface area contributed by atoms with E-state index in [1.165, 1.54) is 0 Å². The SMILES string of the molecule is [2H]C1=C([2H])c2c([2H])c([2H])c([2H])c([2H])c2/C(=N/Nc2ccccc2C)C1=O. The second kappa shape index (κ2) is 5.13. The second-order valence-electron chi connectivity index (χ2n) is 4.22. The van der Waals surface area contributed by atoms with Crippen LogP contribution in [0.1, 0.15) is 24.9 Å². The van der Waals surface area contributed by atoms with Crippen molar-refractivity contribution in [2.75, 3.05) is 5.43 Å². The third-order valence-corrected chi connectivity index (χ3v) is 2.87. The Morgan fingerprint density at radius 2 is 1.95 bits per heavy atom. The van der Waals surface area contributed by atoms with Crippen LogP contribution in [0, 0.1) is 6.92 Å². The van der Waals surface area contributed by atoms with Crippen molar-refractivity contribution >= 4 is 23.2 Å². The molecule has 0 bridgehead atoms. The monoisotopic (exact) mass is 268 g/mol. The zero-order chi connectivity index (χ0) is 19.2. The van der Waals surface area contributed by atoms with Gasteiger partial charge in [0.25, 0.3) is 0 Å². The smallest absolute Gasteiger partial charge is 0.206 e. The third kappa shape index (κ3) is 2.26. The number of carbonyl (C=O) groups excluding carboxylic acids is 1. The van der Waals surface area contributed by atoms with Crippen LogP contribution in [0.25, 0.3) is 6.05 Å². The Balaban J connectivity index is 2.25. The zero-order valence-electron chi connectivity index (χ0n) is 16.7. The third-order valence-electron chi connectivity index (χ3n) is 2.87. The largest absolute Gasteiger partial charge is 0.287 e. The number of hydrogen-bond acceptors (Lipinski definition) is 3. The molecule has 0 spiro atoms. The Bertz CT molecular complexity index is 1010. The lowest BCUT2D eigenvalue weighted by Gasteiger charge is -2.12. The number of hydrogen-bond donors (Lipinski definition) is 1. The minimum atomic E-state index is -0.867. The summed E-state index contributed by atoms with van der Waals surface area (Å²) in [6, 6.07) is 4.02. The highest BCUT2D eigenvalue weighted by atomic mass is 16.1. The van der Waals surface area contributed by atoms with Crippen molar-refractivity contribution in [1.82, 2.24) is 0 Å². The van der Waals surface area contributed by atoms with Gasteiger partial charge in [0.1, 0.15) is 5.71 Å². The molecule has 1 aliphatic carbocycles. The van der Waals surface area contributed by atoms with Gasteiger partial charge in [-0.3, -0.25) is 10.2 Å². The molecule has 0 radical (unpaired) electrons. The summed E-state index contributed by atoms with van der Waals surface area (Å²) in [7, 11) is 0. The zero-order valence-corrected chi connectivity index (χ0v) is 10.7.